The van der Waals surface area contributed by atoms with Gasteiger partial charge < -0.3 is 10.1 Å². The summed E-state index contributed by atoms with van der Waals surface area (Å²) >= 11 is 0. The molecule has 18 heavy (non-hydrogen) atoms. The van der Waals surface area contributed by atoms with Crippen LogP contribution in [0, 0.1) is 5.41 Å². The van der Waals surface area contributed by atoms with Gasteiger partial charge in [-0.3, -0.25) is 0 Å². The summed E-state index contributed by atoms with van der Waals surface area (Å²) in [6, 6.07) is 8.25. The molecule has 1 aromatic carbocycles. The summed E-state index contributed by atoms with van der Waals surface area (Å²) in [4.78, 5) is 3.22. The summed E-state index contributed by atoms with van der Waals surface area (Å²) in [5.41, 5.74) is 1.94. The van der Waals surface area contributed by atoms with E-state index in [1.807, 2.05) is 12.3 Å². The summed E-state index contributed by atoms with van der Waals surface area (Å²) in [5, 5.41) is 12.1. The highest BCUT2D eigenvalue weighted by Crippen LogP contribution is 2.46. The summed E-state index contributed by atoms with van der Waals surface area (Å²) in [6.07, 6.45) is 5.85. The molecule has 2 N–H and O–H groups in total. The molecule has 1 fully saturated rings. The van der Waals surface area contributed by atoms with Gasteiger partial charge in [0.1, 0.15) is 0 Å². The largest absolute Gasteiger partial charge is 0.385 e. The fourth-order valence-electron chi connectivity index (χ4n) is 3.10. The van der Waals surface area contributed by atoms with Crippen molar-refractivity contribution in [1.82, 2.24) is 4.98 Å². The van der Waals surface area contributed by atoms with E-state index < -0.39 is 5.60 Å². The van der Waals surface area contributed by atoms with Gasteiger partial charge in [-0.1, -0.05) is 26.0 Å². The Morgan fingerprint density at radius 3 is 2.50 bits per heavy atom. The zero-order chi connectivity index (χ0) is 12.8. The monoisotopic (exact) mass is 243 g/mol. The van der Waals surface area contributed by atoms with E-state index in [0.29, 0.717) is 5.41 Å². The van der Waals surface area contributed by atoms with Gasteiger partial charge in [0.05, 0.1) is 5.60 Å². The third-order valence-corrected chi connectivity index (χ3v) is 4.53. The minimum absolute atomic E-state index is 0.373. The first kappa shape index (κ1) is 11.8. The molecule has 0 saturated heterocycles. The Hall–Kier alpha value is -1.28. The fourth-order valence-corrected chi connectivity index (χ4v) is 3.10. The van der Waals surface area contributed by atoms with Crippen molar-refractivity contribution in [3.8, 4) is 0 Å². The molecule has 0 spiro atoms. The second kappa shape index (κ2) is 3.86. The molecule has 1 heterocycles. The van der Waals surface area contributed by atoms with E-state index >= 15 is 0 Å². The first-order chi connectivity index (χ1) is 8.50. The average Bonchev–Trinajstić information content (AvgIpc) is 2.81. The van der Waals surface area contributed by atoms with E-state index in [2.05, 4.69) is 37.0 Å². The van der Waals surface area contributed by atoms with Gasteiger partial charge in [-0.15, -0.1) is 0 Å². The molecular formula is C16H21NO. The molecule has 96 valence electrons. The quantitative estimate of drug-likeness (QED) is 0.781. The number of aliphatic hydroxyl groups is 1. The van der Waals surface area contributed by atoms with Gasteiger partial charge >= 0.3 is 0 Å². The Morgan fingerprint density at radius 1 is 1.06 bits per heavy atom. The molecule has 2 nitrogen and oxygen atoms in total. The highest BCUT2D eigenvalue weighted by Gasteiger charge is 2.38. The predicted octanol–water partition coefficient (Wildman–Crippen LogP) is 3.96. The lowest BCUT2D eigenvalue weighted by atomic mass is 9.68. The van der Waals surface area contributed by atoms with E-state index in [1.54, 1.807) is 0 Å². The van der Waals surface area contributed by atoms with Crippen LogP contribution in [0.25, 0.3) is 10.9 Å². The topological polar surface area (TPSA) is 36.0 Å². The van der Waals surface area contributed by atoms with Crippen molar-refractivity contribution >= 4 is 10.9 Å². The van der Waals surface area contributed by atoms with Gasteiger partial charge in [-0.05, 0) is 48.8 Å². The smallest absolute Gasteiger partial charge is 0.0903 e. The molecule has 0 amide bonds. The maximum atomic E-state index is 11.0. The van der Waals surface area contributed by atoms with E-state index in [-0.39, 0.29) is 0 Å². The molecule has 1 saturated carbocycles. The van der Waals surface area contributed by atoms with Crippen LogP contribution in [0.1, 0.15) is 45.1 Å². The molecule has 0 aliphatic heterocycles. The molecule has 2 heteroatoms. The van der Waals surface area contributed by atoms with Crippen molar-refractivity contribution in [1.29, 1.82) is 0 Å². The number of hydrogen-bond donors (Lipinski definition) is 2. The van der Waals surface area contributed by atoms with Gasteiger partial charge in [0.2, 0.25) is 0 Å². The second-order valence-corrected chi connectivity index (χ2v) is 6.44. The van der Waals surface area contributed by atoms with Crippen molar-refractivity contribution in [3.63, 3.8) is 0 Å². The third kappa shape index (κ3) is 1.85. The van der Waals surface area contributed by atoms with Crippen LogP contribution in [0.15, 0.2) is 30.5 Å². The molecular weight excluding hydrogens is 222 g/mol. The minimum Gasteiger partial charge on any atom is -0.385 e. The molecule has 1 aliphatic rings. The number of H-pyrrole nitrogens is 1. The third-order valence-electron chi connectivity index (χ3n) is 4.53. The summed E-state index contributed by atoms with van der Waals surface area (Å²) in [6.45, 7) is 4.59. The lowest BCUT2D eigenvalue weighted by Crippen LogP contribution is -2.34. The Labute approximate surface area is 108 Å². The molecule has 0 radical (unpaired) electrons. The first-order valence-electron chi connectivity index (χ1n) is 6.79. The minimum atomic E-state index is -0.642. The maximum Gasteiger partial charge on any atom is 0.0903 e. The number of hydrogen-bond acceptors (Lipinski definition) is 1. The lowest BCUT2D eigenvalue weighted by Gasteiger charge is -2.40. The molecule has 0 atom stereocenters. The number of aromatic nitrogens is 1. The zero-order valence-corrected chi connectivity index (χ0v) is 11.2. The molecule has 0 unspecified atom stereocenters. The summed E-state index contributed by atoms with van der Waals surface area (Å²) in [5.74, 6) is 0. The maximum absolute atomic E-state index is 11.0. The lowest BCUT2D eigenvalue weighted by molar-refractivity contribution is -0.0293. The van der Waals surface area contributed by atoms with Crippen molar-refractivity contribution in [3.05, 3.63) is 36.0 Å². The SMILES string of the molecule is CC1(C)CCC(O)(c2cccc3[nH]ccc23)CC1. The van der Waals surface area contributed by atoms with Crippen molar-refractivity contribution in [2.24, 2.45) is 5.41 Å². The first-order valence-corrected chi connectivity index (χ1v) is 6.79. The molecule has 3 rings (SSSR count). The van der Waals surface area contributed by atoms with E-state index in [9.17, 15) is 5.11 Å². The van der Waals surface area contributed by atoms with Crippen LogP contribution < -0.4 is 0 Å². The Kier molecular flexibility index (Phi) is 2.53. The highest BCUT2D eigenvalue weighted by molar-refractivity contribution is 5.83. The predicted molar refractivity (Wildman–Crippen MR) is 74.4 cm³/mol. The number of rotatable bonds is 1. The van der Waals surface area contributed by atoms with Crippen LogP contribution in [0.4, 0.5) is 0 Å². The Morgan fingerprint density at radius 2 is 1.78 bits per heavy atom. The second-order valence-electron chi connectivity index (χ2n) is 6.44. The normalized spacial score (nSPS) is 22.2. The molecule has 1 aliphatic carbocycles. The average molecular weight is 243 g/mol. The highest BCUT2D eigenvalue weighted by atomic mass is 16.3. The summed E-state index contributed by atoms with van der Waals surface area (Å²) < 4.78 is 0. The van der Waals surface area contributed by atoms with E-state index in [1.165, 1.54) is 5.39 Å². The zero-order valence-electron chi connectivity index (χ0n) is 11.2. The van der Waals surface area contributed by atoms with Crippen molar-refractivity contribution in [2.45, 2.75) is 45.1 Å². The Balaban J connectivity index is 2.02. The molecule has 2 aromatic rings. The van der Waals surface area contributed by atoms with E-state index in [0.717, 1.165) is 36.8 Å². The van der Waals surface area contributed by atoms with Crippen LogP contribution in [0.2, 0.25) is 0 Å². The Bertz CT molecular complexity index is 557. The number of nitrogens with one attached hydrogen (secondary N) is 1. The van der Waals surface area contributed by atoms with E-state index in [4.69, 9.17) is 0 Å². The van der Waals surface area contributed by atoms with Gasteiger partial charge in [0, 0.05) is 17.1 Å². The van der Waals surface area contributed by atoms with Crippen LogP contribution in [0.5, 0.6) is 0 Å². The van der Waals surface area contributed by atoms with Crippen LogP contribution in [-0.2, 0) is 5.60 Å². The van der Waals surface area contributed by atoms with Crippen LogP contribution in [0.3, 0.4) is 0 Å². The van der Waals surface area contributed by atoms with Crippen molar-refractivity contribution < 1.29 is 5.11 Å². The van der Waals surface area contributed by atoms with Gasteiger partial charge in [0.15, 0.2) is 0 Å². The van der Waals surface area contributed by atoms with Gasteiger partial charge in [-0.25, -0.2) is 0 Å². The summed E-state index contributed by atoms with van der Waals surface area (Å²) in [7, 11) is 0. The number of fused-ring (bicyclic) bond motifs is 1. The molecule has 0 bridgehead atoms. The number of benzene rings is 1. The van der Waals surface area contributed by atoms with Gasteiger partial charge in [-0.2, -0.15) is 0 Å². The van der Waals surface area contributed by atoms with Crippen LogP contribution >= 0.6 is 0 Å². The number of aromatic amines is 1. The standard InChI is InChI=1S/C16H21NO/c1-15(2)7-9-16(18,10-8-15)13-4-3-5-14-12(13)6-11-17-14/h3-6,11,17-18H,7-10H2,1-2H3. The van der Waals surface area contributed by atoms with Gasteiger partial charge in [0.25, 0.3) is 0 Å². The van der Waals surface area contributed by atoms with Crippen molar-refractivity contribution in [2.75, 3.05) is 0 Å². The fraction of sp³-hybridized carbons (Fsp3) is 0.500. The molecule has 1 aromatic heterocycles. The van der Waals surface area contributed by atoms with Crippen LogP contribution in [-0.4, -0.2) is 10.1 Å².